The Hall–Kier alpha value is -0.330. The van der Waals surface area contributed by atoms with Crippen LogP contribution in [-0.4, -0.2) is 11.3 Å². The highest BCUT2D eigenvalue weighted by Crippen LogP contribution is 2.44. The van der Waals surface area contributed by atoms with E-state index in [1.807, 2.05) is 0 Å². The number of alkyl halides is 3. The van der Waals surface area contributed by atoms with Crippen molar-refractivity contribution in [2.24, 2.45) is 11.8 Å². The van der Waals surface area contributed by atoms with Crippen LogP contribution < -0.4 is 0 Å². The Morgan fingerprint density at radius 1 is 1.19 bits per heavy atom. The summed E-state index contributed by atoms with van der Waals surface area (Å²) in [5.41, 5.74) is 0.0404. The fourth-order valence-electron chi connectivity index (χ4n) is 2.79. The van der Waals surface area contributed by atoms with Crippen LogP contribution >= 0.6 is 27.5 Å². The van der Waals surface area contributed by atoms with E-state index in [1.165, 1.54) is 12.1 Å². The third kappa shape index (κ3) is 3.71. The Kier molecular flexibility index (Phi) is 5.21. The first kappa shape index (κ1) is 17.0. The zero-order valence-electron chi connectivity index (χ0n) is 10.9. The number of hydrogen-bond donors (Lipinski definition) is 1. The zero-order chi connectivity index (χ0) is 15.8. The summed E-state index contributed by atoms with van der Waals surface area (Å²) in [6.45, 7) is 0. The zero-order valence-corrected chi connectivity index (χ0v) is 13.3. The Balaban J connectivity index is 2.09. The van der Waals surface area contributed by atoms with Gasteiger partial charge in [-0.05, 0) is 53.6 Å². The molecule has 1 aliphatic carbocycles. The molecule has 1 unspecified atom stereocenters. The van der Waals surface area contributed by atoms with Crippen LogP contribution in [0.1, 0.15) is 37.4 Å². The van der Waals surface area contributed by atoms with Gasteiger partial charge in [0.25, 0.3) is 0 Å². The van der Waals surface area contributed by atoms with Gasteiger partial charge in [-0.1, -0.05) is 17.7 Å². The second-order valence-corrected chi connectivity index (χ2v) is 6.60. The van der Waals surface area contributed by atoms with E-state index in [2.05, 4.69) is 15.9 Å². The van der Waals surface area contributed by atoms with Gasteiger partial charge in [0.05, 0.1) is 17.0 Å². The normalized spacial score (nSPS) is 24.9. The van der Waals surface area contributed by atoms with Crippen molar-refractivity contribution in [2.45, 2.75) is 38.0 Å². The molecule has 0 saturated heterocycles. The lowest BCUT2D eigenvalue weighted by molar-refractivity contribution is -0.185. The molecule has 0 amide bonds. The van der Waals surface area contributed by atoms with E-state index in [0.717, 1.165) is 0 Å². The van der Waals surface area contributed by atoms with Crippen molar-refractivity contribution >= 4 is 27.5 Å². The Morgan fingerprint density at radius 3 is 2.29 bits per heavy atom. The van der Waals surface area contributed by atoms with Gasteiger partial charge in [0.2, 0.25) is 0 Å². The number of aliphatic hydroxyl groups is 1. The van der Waals surface area contributed by atoms with E-state index in [-0.39, 0.29) is 42.2 Å². The third-order valence-electron chi connectivity index (χ3n) is 4.06. The Labute approximate surface area is 133 Å². The summed E-state index contributed by atoms with van der Waals surface area (Å²) in [5.74, 6) is -2.42. The molecule has 7 heteroatoms. The van der Waals surface area contributed by atoms with Gasteiger partial charge in [-0.25, -0.2) is 4.39 Å². The van der Waals surface area contributed by atoms with Crippen LogP contribution in [0.3, 0.4) is 0 Å². The smallest absolute Gasteiger partial charge is 0.388 e. The topological polar surface area (TPSA) is 20.2 Å². The van der Waals surface area contributed by atoms with E-state index in [0.29, 0.717) is 4.47 Å². The van der Waals surface area contributed by atoms with Gasteiger partial charge in [-0.2, -0.15) is 13.2 Å². The second-order valence-electron chi connectivity index (χ2n) is 5.36. The van der Waals surface area contributed by atoms with Crippen molar-refractivity contribution in [3.05, 3.63) is 33.0 Å². The van der Waals surface area contributed by atoms with Crippen LogP contribution in [0.15, 0.2) is 16.6 Å². The quantitative estimate of drug-likeness (QED) is 0.512. The summed E-state index contributed by atoms with van der Waals surface area (Å²) in [5, 5.41) is 10.1. The van der Waals surface area contributed by atoms with Crippen LogP contribution in [0.4, 0.5) is 17.6 Å². The molecule has 0 heterocycles. The molecule has 0 bridgehead atoms. The Bertz CT molecular complexity index is 512. The molecular formula is C14H14BrClF4O. The lowest BCUT2D eigenvalue weighted by atomic mass is 9.77. The minimum Gasteiger partial charge on any atom is -0.388 e. The van der Waals surface area contributed by atoms with Crippen molar-refractivity contribution in [3.63, 3.8) is 0 Å². The third-order valence-corrected chi connectivity index (χ3v) is 5.32. The maximum Gasteiger partial charge on any atom is 0.391 e. The molecule has 1 aromatic rings. The summed E-state index contributed by atoms with van der Waals surface area (Å²) in [4.78, 5) is 0. The fraction of sp³-hybridized carbons (Fsp3) is 0.571. The number of benzene rings is 1. The van der Waals surface area contributed by atoms with Gasteiger partial charge in [0.1, 0.15) is 5.82 Å². The molecule has 1 aliphatic rings. The fourth-order valence-corrected chi connectivity index (χ4v) is 3.26. The molecule has 118 valence electrons. The number of hydrogen-bond acceptors (Lipinski definition) is 1. The minimum absolute atomic E-state index is 0.0306. The first-order valence-corrected chi connectivity index (χ1v) is 7.77. The summed E-state index contributed by atoms with van der Waals surface area (Å²) < 4.78 is 52.2. The van der Waals surface area contributed by atoms with E-state index >= 15 is 0 Å². The standard InChI is InChI=1S/C14H14BrClF4O/c15-10-6-5-9(12(17)11(10)16)13(21)7-1-3-8(4-2-7)14(18,19)20/h5-8,13,21H,1-4H2. The Morgan fingerprint density at radius 2 is 1.76 bits per heavy atom. The van der Waals surface area contributed by atoms with Gasteiger partial charge in [-0.15, -0.1) is 0 Å². The largest absolute Gasteiger partial charge is 0.391 e. The predicted molar refractivity (Wildman–Crippen MR) is 75.6 cm³/mol. The highest BCUT2D eigenvalue weighted by atomic mass is 79.9. The lowest BCUT2D eigenvalue weighted by Gasteiger charge is -2.32. The summed E-state index contributed by atoms with van der Waals surface area (Å²) in [7, 11) is 0. The van der Waals surface area contributed by atoms with Gasteiger partial charge < -0.3 is 5.11 Å². The molecular weight excluding hydrogens is 376 g/mol. The van der Waals surface area contributed by atoms with Crippen molar-refractivity contribution < 1.29 is 22.7 Å². The average Bonchev–Trinajstić information content (AvgIpc) is 2.43. The molecule has 1 fully saturated rings. The first-order chi connectivity index (χ1) is 9.71. The first-order valence-electron chi connectivity index (χ1n) is 6.60. The average molecular weight is 390 g/mol. The number of rotatable bonds is 2. The molecule has 21 heavy (non-hydrogen) atoms. The van der Waals surface area contributed by atoms with Gasteiger partial charge >= 0.3 is 6.18 Å². The van der Waals surface area contributed by atoms with E-state index in [4.69, 9.17) is 11.6 Å². The van der Waals surface area contributed by atoms with Crippen LogP contribution in [0, 0.1) is 17.7 Å². The molecule has 0 aliphatic heterocycles. The number of aliphatic hydroxyl groups excluding tert-OH is 1. The highest BCUT2D eigenvalue weighted by molar-refractivity contribution is 9.10. The van der Waals surface area contributed by atoms with Crippen molar-refractivity contribution in [1.82, 2.24) is 0 Å². The van der Waals surface area contributed by atoms with Crippen LogP contribution in [0.5, 0.6) is 0 Å². The molecule has 1 aromatic carbocycles. The van der Waals surface area contributed by atoms with Gasteiger partial charge in [0, 0.05) is 10.0 Å². The summed E-state index contributed by atoms with van der Waals surface area (Å²) in [6, 6.07) is 2.93. The van der Waals surface area contributed by atoms with E-state index < -0.39 is 24.0 Å². The van der Waals surface area contributed by atoms with Crippen LogP contribution in [0.25, 0.3) is 0 Å². The second kappa shape index (κ2) is 6.42. The van der Waals surface area contributed by atoms with Crippen molar-refractivity contribution in [1.29, 1.82) is 0 Å². The molecule has 0 radical (unpaired) electrons. The maximum atomic E-state index is 14.0. The monoisotopic (exact) mass is 388 g/mol. The molecule has 2 rings (SSSR count). The molecule has 1 atom stereocenters. The van der Waals surface area contributed by atoms with Crippen molar-refractivity contribution in [2.75, 3.05) is 0 Å². The van der Waals surface area contributed by atoms with Gasteiger partial charge in [-0.3, -0.25) is 0 Å². The lowest BCUT2D eigenvalue weighted by Crippen LogP contribution is -2.29. The summed E-state index contributed by atoms with van der Waals surface area (Å²) in [6.07, 6.45) is -4.95. The molecule has 1 N–H and O–H groups in total. The summed E-state index contributed by atoms with van der Waals surface area (Å²) >= 11 is 8.84. The highest BCUT2D eigenvalue weighted by Gasteiger charge is 2.42. The van der Waals surface area contributed by atoms with Crippen molar-refractivity contribution in [3.8, 4) is 0 Å². The van der Waals surface area contributed by atoms with Crippen LogP contribution in [0.2, 0.25) is 5.02 Å². The van der Waals surface area contributed by atoms with Crippen LogP contribution in [-0.2, 0) is 0 Å². The molecule has 1 nitrogen and oxygen atoms in total. The van der Waals surface area contributed by atoms with Gasteiger partial charge in [0.15, 0.2) is 0 Å². The van der Waals surface area contributed by atoms with E-state index in [1.54, 1.807) is 0 Å². The predicted octanol–water partition coefficient (Wildman–Crippen LogP) is 5.64. The molecule has 0 spiro atoms. The molecule has 0 aromatic heterocycles. The SMILES string of the molecule is OC(c1ccc(Br)c(Cl)c1F)C1CCC(C(F)(F)F)CC1. The van der Waals surface area contributed by atoms with E-state index in [9.17, 15) is 22.7 Å². The molecule has 1 saturated carbocycles. The maximum absolute atomic E-state index is 14.0. The minimum atomic E-state index is -4.19. The number of halogens is 6.